The fraction of sp³-hybridized carbons (Fsp3) is 0.867. The first-order valence-electron chi connectivity index (χ1n) is 7.45. The van der Waals surface area contributed by atoms with E-state index in [4.69, 9.17) is 25.8 Å². The molecule has 0 radical (unpaired) electrons. The van der Waals surface area contributed by atoms with Gasteiger partial charge in [0.1, 0.15) is 6.10 Å². The van der Waals surface area contributed by atoms with Crippen LogP contribution >= 0.6 is 11.6 Å². The Morgan fingerprint density at radius 2 is 1.84 bits per heavy atom. The predicted molar refractivity (Wildman–Crippen MR) is 76.2 cm³/mol. The molecule has 2 fully saturated rings. The number of hydrogen-bond donors (Lipinski definition) is 0. The number of rotatable bonds is 5. The molecule has 0 aromatic carbocycles. The SMILES string of the molecule is CCCOC1COC(C2CCC(C=CCl)CC2)OC1. The van der Waals surface area contributed by atoms with Crippen LogP contribution in [-0.2, 0) is 14.2 Å². The van der Waals surface area contributed by atoms with Crippen molar-refractivity contribution in [2.75, 3.05) is 19.8 Å². The molecule has 110 valence electrons. The number of allylic oxidation sites excluding steroid dienone is 1. The normalized spacial score (nSPS) is 36.7. The van der Waals surface area contributed by atoms with Crippen LogP contribution in [0.25, 0.3) is 0 Å². The fourth-order valence-electron chi connectivity index (χ4n) is 2.87. The largest absolute Gasteiger partial charge is 0.373 e. The van der Waals surface area contributed by atoms with Gasteiger partial charge in [0, 0.05) is 18.1 Å². The zero-order valence-corrected chi connectivity index (χ0v) is 12.5. The number of hydrogen-bond acceptors (Lipinski definition) is 3. The van der Waals surface area contributed by atoms with Crippen LogP contribution in [0.3, 0.4) is 0 Å². The lowest BCUT2D eigenvalue weighted by Gasteiger charge is -2.37. The first-order chi connectivity index (χ1) is 9.33. The van der Waals surface area contributed by atoms with Crippen molar-refractivity contribution in [2.45, 2.75) is 51.4 Å². The fourth-order valence-corrected chi connectivity index (χ4v) is 3.07. The third kappa shape index (κ3) is 4.75. The van der Waals surface area contributed by atoms with Crippen LogP contribution < -0.4 is 0 Å². The first-order valence-corrected chi connectivity index (χ1v) is 7.88. The first kappa shape index (κ1) is 15.3. The van der Waals surface area contributed by atoms with Crippen LogP contribution in [0, 0.1) is 11.8 Å². The maximum Gasteiger partial charge on any atom is 0.160 e. The van der Waals surface area contributed by atoms with E-state index in [1.165, 1.54) is 12.8 Å². The molecule has 1 aliphatic heterocycles. The van der Waals surface area contributed by atoms with Gasteiger partial charge in [-0.25, -0.2) is 0 Å². The zero-order chi connectivity index (χ0) is 13.5. The summed E-state index contributed by atoms with van der Waals surface area (Å²) in [5, 5.41) is 0. The Morgan fingerprint density at radius 1 is 1.16 bits per heavy atom. The average molecular weight is 289 g/mol. The Bertz CT molecular complexity index is 267. The molecule has 4 heteroatoms. The Balaban J connectivity index is 1.68. The number of ether oxygens (including phenoxy) is 3. The summed E-state index contributed by atoms with van der Waals surface area (Å²) in [4.78, 5) is 0. The highest BCUT2D eigenvalue weighted by Gasteiger charge is 2.32. The van der Waals surface area contributed by atoms with Gasteiger partial charge in [-0.1, -0.05) is 24.6 Å². The van der Waals surface area contributed by atoms with Gasteiger partial charge in [0.2, 0.25) is 0 Å². The van der Waals surface area contributed by atoms with Crippen molar-refractivity contribution in [3.05, 3.63) is 11.6 Å². The van der Waals surface area contributed by atoms with E-state index >= 15 is 0 Å². The lowest BCUT2D eigenvalue weighted by atomic mass is 9.81. The molecule has 2 rings (SSSR count). The second-order valence-corrected chi connectivity index (χ2v) is 5.77. The topological polar surface area (TPSA) is 27.7 Å². The van der Waals surface area contributed by atoms with E-state index in [9.17, 15) is 0 Å². The molecule has 0 unspecified atom stereocenters. The van der Waals surface area contributed by atoms with Gasteiger partial charge in [0.25, 0.3) is 0 Å². The highest BCUT2D eigenvalue weighted by atomic mass is 35.5. The van der Waals surface area contributed by atoms with Gasteiger partial charge in [0.15, 0.2) is 6.29 Å². The van der Waals surface area contributed by atoms with Gasteiger partial charge >= 0.3 is 0 Å². The standard InChI is InChI=1S/C15H25ClO3/c1-2-9-17-14-10-18-15(19-11-14)13-5-3-12(4-6-13)7-8-16/h7-8,12-15H,2-6,9-11H2,1H3. The highest BCUT2D eigenvalue weighted by molar-refractivity contribution is 6.25. The molecule has 0 aromatic heterocycles. The molecule has 1 aliphatic carbocycles. The summed E-state index contributed by atoms with van der Waals surface area (Å²) in [6.45, 7) is 4.25. The summed E-state index contributed by atoms with van der Waals surface area (Å²) in [6, 6.07) is 0. The van der Waals surface area contributed by atoms with Gasteiger partial charge < -0.3 is 14.2 Å². The van der Waals surface area contributed by atoms with Crippen LogP contribution in [0.15, 0.2) is 11.6 Å². The minimum Gasteiger partial charge on any atom is -0.373 e. The van der Waals surface area contributed by atoms with Crippen molar-refractivity contribution >= 4 is 11.6 Å². The molecule has 19 heavy (non-hydrogen) atoms. The second kappa shape index (κ2) is 8.25. The summed E-state index contributed by atoms with van der Waals surface area (Å²) in [5.41, 5.74) is 1.65. The monoisotopic (exact) mass is 288 g/mol. The van der Waals surface area contributed by atoms with Gasteiger partial charge in [0.05, 0.1) is 13.2 Å². The maximum atomic E-state index is 5.83. The minimum absolute atomic E-state index is 0.0255. The Morgan fingerprint density at radius 3 is 2.42 bits per heavy atom. The molecule has 1 heterocycles. The van der Waals surface area contributed by atoms with E-state index < -0.39 is 0 Å². The van der Waals surface area contributed by atoms with Gasteiger partial charge in [-0.15, -0.1) is 0 Å². The third-order valence-corrected chi connectivity index (χ3v) is 4.14. The van der Waals surface area contributed by atoms with Gasteiger partial charge in [-0.3, -0.25) is 0 Å². The minimum atomic E-state index is -0.0255. The Labute approximate surface area is 121 Å². The summed E-state index contributed by atoms with van der Waals surface area (Å²) in [6.07, 6.45) is 7.94. The average Bonchev–Trinajstić information content (AvgIpc) is 2.47. The zero-order valence-electron chi connectivity index (χ0n) is 11.7. The smallest absolute Gasteiger partial charge is 0.160 e. The molecule has 2 aliphatic rings. The van der Waals surface area contributed by atoms with Gasteiger partial charge in [-0.05, 0) is 38.0 Å². The molecule has 0 bridgehead atoms. The van der Waals surface area contributed by atoms with E-state index in [0.717, 1.165) is 25.9 Å². The van der Waals surface area contributed by atoms with E-state index in [1.807, 2.05) is 0 Å². The predicted octanol–water partition coefficient (Wildman–Crippen LogP) is 3.71. The van der Waals surface area contributed by atoms with Crippen LogP contribution in [0.5, 0.6) is 0 Å². The third-order valence-electron chi connectivity index (χ3n) is 4.00. The molecule has 3 nitrogen and oxygen atoms in total. The van der Waals surface area contributed by atoms with E-state index in [2.05, 4.69) is 13.0 Å². The van der Waals surface area contributed by atoms with Crippen molar-refractivity contribution in [2.24, 2.45) is 11.8 Å². The van der Waals surface area contributed by atoms with Crippen molar-refractivity contribution < 1.29 is 14.2 Å². The summed E-state index contributed by atoms with van der Waals surface area (Å²) >= 11 is 5.63. The van der Waals surface area contributed by atoms with Crippen LogP contribution in [-0.4, -0.2) is 32.2 Å². The number of halogens is 1. The second-order valence-electron chi connectivity index (χ2n) is 5.52. The van der Waals surface area contributed by atoms with Crippen molar-refractivity contribution in [1.82, 2.24) is 0 Å². The van der Waals surface area contributed by atoms with Crippen LogP contribution in [0.1, 0.15) is 39.0 Å². The summed E-state index contributed by atoms with van der Waals surface area (Å²) < 4.78 is 17.3. The molecular weight excluding hydrogens is 264 g/mol. The van der Waals surface area contributed by atoms with Crippen LogP contribution in [0.2, 0.25) is 0 Å². The van der Waals surface area contributed by atoms with Crippen molar-refractivity contribution in [3.8, 4) is 0 Å². The molecule has 1 saturated heterocycles. The highest BCUT2D eigenvalue weighted by Crippen LogP contribution is 2.34. The molecule has 0 N–H and O–H groups in total. The Hall–Kier alpha value is -0.0900. The molecule has 0 atom stereocenters. The molecule has 0 aromatic rings. The molecule has 1 saturated carbocycles. The van der Waals surface area contributed by atoms with E-state index in [-0.39, 0.29) is 12.4 Å². The lowest BCUT2D eigenvalue weighted by molar-refractivity contribution is -0.249. The lowest BCUT2D eigenvalue weighted by Crippen LogP contribution is -2.42. The van der Waals surface area contributed by atoms with Crippen LogP contribution in [0.4, 0.5) is 0 Å². The quantitative estimate of drug-likeness (QED) is 0.772. The Kier molecular flexibility index (Phi) is 6.65. The molecule has 0 amide bonds. The summed E-state index contributed by atoms with van der Waals surface area (Å²) in [5.74, 6) is 1.17. The van der Waals surface area contributed by atoms with Gasteiger partial charge in [-0.2, -0.15) is 0 Å². The van der Waals surface area contributed by atoms with Crippen molar-refractivity contribution in [3.63, 3.8) is 0 Å². The summed E-state index contributed by atoms with van der Waals surface area (Å²) in [7, 11) is 0. The maximum absolute atomic E-state index is 5.83. The van der Waals surface area contributed by atoms with Crippen molar-refractivity contribution in [1.29, 1.82) is 0 Å². The van der Waals surface area contributed by atoms with E-state index in [1.54, 1.807) is 5.54 Å². The molecular formula is C15H25ClO3. The van der Waals surface area contributed by atoms with E-state index in [0.29, 0.717) is 25.0 Å². The molecule has 0 spiro atoms.